The Labute approximate surface area is 92.0 Å². The van der Waals surface area contributed by atoms with Gasteiger partial charge in [-0.1, -0.05) is 12.1 Å². The average molecular weight is 214 g/mol. The van der Waals surface area contributed by atoms with E-state index < -0.39 is 5.54 Å². The van der Waals surface area contributed by atoms with Crippen LogP contribution in [0, 0.1) is 0 Å². The highest BCUT2D eigenvalue weighted by Crippen LogP contribution is 2.46. The monoisotopic (exact) mass is 214 g/mol. The topological polar surface area (TPSA) is 55.5 Å². The molecule has 80 valence electrons. The van der Waals surface area contributed by atoms with Crippen LogP contribution in [-0.4, -0.2) is 11.1 Å². The molecule has 0 unspecified atom stereocenters. The fourth-order valence-corrected chi connectivity index (χ4v) is 2.29. The molecule has 2 aromatic rings. The van der Waals surface area contributed by atoms with Crippen molar-refractivity contribution in [2.75, 3.05) is 0 Å². The van der Waals surface area contributed by atoms with Gasteiger partial charge in [0.1, 0.15) is 11.1 Å². The first-order chi connectivity index (χ1) is 7.86. The van der Waals surface area contributed by atoms with E-state index in [2.05, 4.69) is 9.98 Å². The lowest BCUT2D eigenvalue weighted by atomic mass is 9.72. The second kappa shape index (κ2) is 3.29. The molecule has 0 spiro atoms. The number of benzene rings is 1. The van der Waals surface area contributed by atoms with Crippen LogP contribution in [0.2, 0.25) is 0 Å². The average Bonchev–Trinajstić information content (AvgIpc) is 2.71. The van der Waals surface area contributed by atoms with Crippen molar-refractivity contribution in [2.24, 2.45) is 4.99 Å². The van der Waals surface area contributed by atoms with Gasteiger partial charge in [0.05, 0.1) is 0 Å². The minimum Gasteiger partial charge on any atom is -0.443 e. The second-order valence-electron chi connectivity index (χ2n) is 4.09. The molecule has 0 N–H and O–H groups in total. The Hall–Kier alpha value is -1.93. The maximum absolute atomic E-state index is 10.5. The molecule has 0 aliphatic heterocycles. The largest absolute Gasteiger partial charge is 0.443 e. The molecule has 1 aromatic carbocycles. The van der Waals surface area contributed by atoms with E-state index >= 15 is 0 Å². The molecule has 16 heavy (non-hydrogen) atoms. The minimum absolute atomic E-state index is 0.416. The van der Waals surface area contributed by atoms with Crippen LogP contribution in [0.5, 0.6) is 0 Å². The van der Waals surface area contributed by atoms with Crippen molar-refractivity contribution in [3.8, 4) is 0 Å². The van der Waals surface area contributed by atoms with E-state index in [0.29, 0.717) is 0 Å². The van der Waals surface area contributed by atoms with Crippen molar-refractivity contribution in [3.05, 3.63) is 30.2 Å². The van der Waals surface area contributed by atoms with E-state index in [0.717, 1.165) is 35.9 Å². The van der Waals surface area contributed by atoms with Crippen molar-refractivity contribution < 1.29 is 9.21 Å². The molecule has 3 rings (SSSR count). The van der Waals surface area contributed by atoms with Gasteiger partial charge in [0, 0.05) is 5.56 Å². The molecule has 0 atom stereocenters. The summed E-state index contributed by atoms with van der Waals surface area (Å²) < 4.78 is 5.38. The van der Waals surface area contributed by atoms with E-state index in [1.54, 1.807) is 6.08 Å². The number of fused-ring (bicyclic) bond motifs is 1. The van der Waals surface area contributed by atoms with Gasteiger partial charge in [0.15, 0.2) is 12.0 Å². The highest BCUT2D eigenvalue weighted by atomic mass is 16.3. The van der Waals surface area contributed by atoms with Crippen molar-refractivity contribution in [1.82, 2.24) is 4.98 Å². The fourth-order valence-electron chi connectivity index (χ4n) is 2.29. The lowest BCUT2D eigenvalue weighted by molar-refractivity contribution is 0.256. The number of para-hydroxylation sites is 1. The molecule has 1 saturated carbocycles. The van der Waals surface area contributed by atoms with Crippen LogP contribution in [0.15, 0.2) is 34.0 Å². The van der Waals surface area contributed by atoms with Gasteiger partial charge in [-0.25, -0.2) is 9.78 Å². The summed E-state index contributed by atoms with van der Waals surface area (Å²) in [6.45, 7) is 0. The van der Waals surface area contributed by atoms with Gasteiger partial charge in [-0.2, -0.15) is 4.99 Å². The first kappa shape index (κ1) is 9.31. The van der Waals surface area contributed by atoms with E-state index in [9.17, 15) is 4.79 Å². The Kier molecular flexibility index (Phi) is 1.91. The van der Waals surface area contributed by atoms with Crippen LogP contribution in [0.1, 0.15) is 24.8 Å². The molecule has 1 fully saturated rings. The number of oxazole rings is 1. The molecule has 4 nitrogen and oxygen atoms in total. The van der Waals surface area contributed by atoms with E-state index in [-0.39, 0.29) is 0 Å². The zero-order valence-electron chi connectivity index (χ0n) is 8.64. The van der Waals surface area contributed by atoms with Gasteiger partial charge in [0.25, 0.3) is 0 Å². The van der Waals surface area contributed by atoms with Gasteiger partial charge in [-0.05, 0) is 25.3 Å². The fraction of sp³-hybridized carbons (Fsp3) is 0.333. The first-order valence-electron chi connectivity index (χ1n) is 5.27. The number of hydrogen-bond donors (Lipinski definition) is 0. The molecular weight excluding hydrogens is 204 g/mol. The van der Waals surface area contributed by atoms with Crippen LogP contribution in [0.3, 0.4) is 0 Å². The number of aliphatic imine (C=N–C) groups is 1. The van der Waals surface area contributed by atoms with Crippen molar-refractivity contribution in [3.63, 3.8) is 0 Å². The molecule has 0 radical (unpaired) electrons. The zero-order valence-corrected chi connectivity index (χ0v) is 8.64. The van der Waals surface area contributed by atoms with Crippen LogP contribution >= 0.6 is 0 Å². The summed E-state index contributed by atoms with van der Waals surface area (Å²) >= 11 is 0. The quantitative estimate of drug-likeness (QED) is 0.570. The number of nitrogens with zero attached hydrogens (tertiary/aromatic N) is 2. The van der Waals surface area contributed by atoms with Gasteiger partial charge in [0.2, 0.25) is 6.08 Å². The number of aromatic nitrogens is 1. The summed E-state index contributed by atoms with van der Waals surface area (Å²) in [6, 6.07) is 5.76. The maximum Gasteiger partial charge on any atom is 0.235 e. The maximum atomic E-state index is 10.5. The molecule has 0 amide bonds. The standard InChI is InChI=1S/C12H10N2O2/c15-7-14-12(5-2-6-12)9-3-1-4-10-11(9)16-8-13-10/h1,3-4,8H,2,5-6H2. The summed E-state index contributed by atoms with van der Waals surface area (Å²) in [5.41, 5.74) is 2.09. The third-order valence-electron chi connectivity index (χ3n) is 3.30. The Morgan fingerprint density at radius 1 is 1.44 bits per heavy atom. The van der Waals surface area contributed by atoms with Crippen molar-refractivity contribution in [2.45, 2.75) is 24.8 Å². The van der Waals surface area contributed by atoms with Crippen LogP contribution in [0.25, 0.3) is 11.1 Å². The number of rotatable bonds is 2. The van der Waals surface area contributed by atoms with Crippen molar-refractivity contribution >= 4 is 17.2 Å². The van der Waals surface area contributed by atoms with Gasteiger partial charge in [-0.15, -0.1) is 0 Å². The minimum atomic E-state index is -0.416. The molecule has 4 heteroatoms. The third kappa shape index (κ3) is 1.14. The molecule has 1 heterocycles. The summed E-state index contributed by atoms with van der Waals surface area (Å²) in [5, 5.41) is 0. The molecule has 1 aliphatic carbocycles. The highest BCUT2D eigenvalue weighted by Gasteiger charge is 2.40. The van der Waals surface area contributed by atoms with Crippen molar-refractivity contribution in [1.29, 1.82) is 0 Å². The van der Waals surface area contributed by atoms with Crippen LogP contribution in [0.4, 0.5) is 0 Å². The highest BCUT2D eigenvalue weighted by molar-refractivity contribution is 5.77. The third-order valence-corrected chi connectivity index (χ3v) is 3.30. The Morgan fingerprint density at radius 2 is 2.31 bits per heavy atom. The zero-order chi connectivity index (χ0) is 11.0. The molecular formula is C12H10N2O2. The van der Waals surface area contributed by atoms with Crippen LogP contribution in [-0.2, 0) is 10.3 Å². The second-order valence-corrected chi connectivity index (χ2v) is 4.09. The lowest BCUT2D eigenvalue weighted by Crippen LogP contribution is -2.31. The summed E-state index contributed by atoms with van der Waals surface area (Å²) in [5.74, 6) is 0. The Bertz CT molecular complexity index is 577. The predicted octanol–water partition coefficient (Wildman–Crippen LogP) is 2.54. The summed E-state index contributed by atoms with van der Waals surface area (Å²) in [4.78, 5) is 18.6. The lowest BCUT2D eigenvalue weighted by Gasteiger charge is -2.36. The Morgan fingerprint density at radius 3 is 3.00 bits per heavy atom. The van der Waals surface area contributed by atoms with E-state index in [1.807, 2.05) is 18.2 Å². The summed E-state index contributed by atoms with van der Waals surface area (Å²) in [6.07, 6.45) is 5.93. The number of carbonyl (C=O) groups excluding carboxylic acids is 1. The Balaban J connectivity index is 2.24. The van der Waals surface area contributed by atoms with E-state index in [4.69, 9.17) is 4.42 Å². The van der Waals surface area contributed by atoms with E-state index in [1.165, 1.54) is 6.39 Å². The SMILES string of the molecule is O=C=NC1(c2cccc3ncoc23)CCC1. The van der Waals surface area contributed by atoms with Gasteiger partial charge < -0.3 is 4.42 Å². The predicted molar refractivity (Wildman–Crippen MR) is 57.7 cm³/mol. The van der Waals surface area contributed by atoms with Gasteiger partial charge >= 0.3 is 0 Å². The molecule has 0 saturated heterocycles. The molecule has 1 aromatic heterocycles. The normalized spacial score (nSPS) is 17.8. The number of isocyanates is 1. The molecule has 1 aliphatic rings. The smallest absolute Gasteiger partial charge is 0.235 e. The van der Waals surface area contributed by atoms with Gasteiger partial charge in [-0.3, -0.25) is 0 Å². The summed E-state index contributed by atoms with van der Waals surface area (Å²) in [7, 11) is 0. The van der Waals surface area contributed by atoms with Crippen LogP contribution < -0.4 is 0 Å². The first-order valence-corrected chi connectivity index (χ1v) is 5.27. The molecule has 0 bridgehead atoms. The number of hydrogen-bond acceptors (Lipinski definition) is 4.